The van der Waals surface area contributed by atoms with Crippen molar-refractivity contribution in [2.24, 2.45) is 5.92 Å². The average molecular weight is 160 g/mol. The highest BCUT2D eigenvalue weighted by atomic mass is 16.5. The maximum Gasteiger partial charge on any atom is 0.0796 e. The SMILES string of the molecule is CCC(C)OCC(O)C(C)C. The van der Waals surface area contributed by atoms with Crippen molar-refractivity contribution in [1.29, 1.82) is 0 Å². The summed E-state index contributed by atoms with van der Waals surface area (Å²) in [6.07, 6.45) is 0.956. The van der Waals surface area contributed by atoms with Crippen LogP contribution in [-0.2, 0) is 4.74 Å². The Kier molecular flexibility index (Phi) is 5.51. The fraction of sp³-hybridized carbons (Fsp3) is 1.00. The summed E-state index contributed by atoms with van der Waals surface area (Å²) in [5.74, 6) is 0.291. The molecule has 0 aromatic carbocycles. The van der Waals surface area contributed by atoms with Gasteiger partial charge in [-0.2, -0.15) is 0 Å². The van der Waals surface area contributed by atoms with E-state index in [0.717, 1.165) is 6.42 Å². The Bertz CT molecular complexity index is 91.6. The van der Waals surface area contributed by atoms with Crippen molar-refractivity contribution in [2.75, 3.05) is 6.61 Å². The quantitative estimate of drug-likeness (QED) is 0.664. The molecular weight excluding hydrogens is 140 g/mol. The summed E-state index contributed by atoms with van der Waals surface area (Å²) in [5.41, 5.74) is 0. The highest BCUT2D eigenvalue weighted by molar-refractivity contribution is 4.58. The summed E-state index contributed by atoms with van der Waals surface area (Å²) in [6.45, 7) is 8.54. The lowest BCUT2D eigenvalue weighted by Crippen LogP contribution is -2.24. The van der Waals surface area contributed by atoms with Crippen LogP contribution in [0.1, 0.15) is 34.1 Å². The van der Waals surface area contributed by atoms with Crippen molar-refractivity contribution in [3.63, 3.8) is 0 Å². The van der Waals surface area contributed by atoms with E-state index in [1.165, 1.54) is 0 Å². The maximum atomic E-state index is 9.35. The molecule has 0 aromatic heterocycles. The molecule has 0 spiro atoms. The molecule has 0 aliphatic rings. The predicted octanol–water partition coefficient (Wildman–Crippen LogP) is 1.82. The van der Waals surface area contributed by atoms with Crippen molar-refractivity contribution in [3.8, 4) is 0 Å². The maximum absolute atomic E-state index is 9.35. The standard InChI is InChI=1S/C9H20O2/c1-5-8(4)11-6-9(10)7(2)3/h7-10H,5-6H2,1-4H3. The van der Waals surface area contributed by atoms with E-state index in [2.05, 4.69) is 6.92 Å². The third kappa shape index (κ3) is 5.22. The summed E-state index contributed by atoms with van der Waals surface area (Å²) in [6, 6.07) is 0. The van der Waals surface area contributed by atoms with Crippen molar-refractivity contribution in [2.45, 2.75) is 46.3 Å². The Balaban J connectivity index is 3.37. The van der Waals surface area contributed by atoms with Crippen LogP contribution in [0.4, 0.5) is 0 Å². The van der Waals surface area contributed by atoms with Crippen LogP contribution in [0.5, 0.6) is 0 Å². The molecule has 0 aliphatic carbocycles. The van der Waals surface area contributed by atoms with Crippen molar-refractivity contribution >= 4 is 0 Å². The summed E-state index contributed by atoms with van der Waals surface area (Å²) in [4.78, 5) is 0. The molecule has 0 aromatic rings. The van der Waals surface area contributed by atoms with Gasteiger partial charge < -0.3 is 9.84 Å². The Hall–Kier alpha value is -0.0800. The third-order valence-corrected chi connectivity index (χ3v) is 1.90. The first-order valence-electron chi connectivity index (χ1n) is 4.37. The lowest BCUT2D eigenvalue weighted by molar-refractivity contribution is -0.0199. The van der Waals surface area contributed by atoms with Crippen LogP contribution in [0.3, 0.4) is 0 Å². The second-order valence-electron chi connectivity index (χ2n) is 3.36. The molecule has 2 unspecified atom stereocenters. The largest absolute Gasteiger partial charge is 0.390 e. The monoisotopic (exact) mass is 160 g/mol. The van der Waals surface area contributed by atoms with Gasteiger partial charge >= 0.3 is 0 Å². The van der Waals surface area contributed by atoms with E-state index in [0.29, 0.717) is 12.5 Å². The molecule has 0 bridgehead atoms. The van der Waals surface area contributed by atoms with Gasteiger partial charge in [-0.3, -0.25) is 0 Å². The van der Waals surface area contributed by atoms with Crippen LogP contribution in [0, 0.1) is 5.92 Å². The average Bonchev–Trinajstić information content (AvgIpc) is 1.99. The van der Waals surface area contributed by atoms with Gasteiger partial charge in [-0.15, -0.1) is 0 Å². The molecule has 0 heterocycles. The minimum absolute atomic E-state index is 0.267. The number of ether oxygens (including phenoxy) is 1. The van der Waals surface area contributed by atoms with Gasteiger partial charge in [-0.05, 0) is 19.3 Å². The molecule has 0 saturated carbocycles. The summed E-state index contributed by atoms with van der Waals surface area (Å²) >= 11 is 0. The van der Waals surface area contributed by atoms with Gasteiger partial charge in [-0.1, -0.05) is 20.8 Å². The van der Waals surface area contributed by atoms with Crippen molar-refractivity contribution < 1.29 is 9.84 Å². The van der Waals surface area contributed by atoms with Gasteiger partial charge in [0.2, 0.25) is 0 Å². The molecule has 11 heavy (non-hydrogen) atoms. The topological polar surface area (TPSA) is 29.5 Å². The van der Waals surface area contributed by atoms with E-state index < -0.39 is 0 Å². The van der Waals surface area contributed by atoms with Gasteiger partial charge in [0.15, 0.2) is 0 Å². The van der Waals surface area contributed by atoms with E-state index in [1.807, 2.05) is 20.8 Å². The molecule has 2 nitrogen and oxygen atoms in total. The Morgan fingerprint density at radius 1 is 1.27 bits per heavy atom. The molecule has 2 atom stereocenters. The molecular formula is C9H20O2. The summed E-state index contributed by atoms with van der Waals surface area (Å²) in [5, 5.41) is 9.35. The Morgan fingerprint density at radius 3 is 2.18 bits per heavy atom. The molecule has 0 radical (unpaired) electrons. The minimum atomic E-state index is -0.316. The normalized spacial score (nSPS) is 16.9. The molecule has 0 aliphatic heterocycles. The van der Waals surface area contributed by atoms with E-state index in [9.17, 15) is 5.11 Å². The van der Waals surface area contributed by atoms with Gasteiger partial charge in [0, 0.05) is 0 Å². The third-order valence-electron chi connectivity index (χ3n) is 1.90. The van der Waals surface area contributed by atoms with Crippen molar-refractivity contribution in [3.05, 3.63) is 0 Å². The fourth-order valence-corrected chi connectivity index (χ4v) is 0.573. The highest BCUT2D eigenvalue weighted by Gasteiger charge is 2.10. The minimum Gasteiger partial charge on any atom is -0.390 e. The Morgan fingerprint density at radius 2 is 1.82 bits per heavy atom. The zero-order chi connectivity index (χ0) is 8.85. The van der Waals surface area contributed by atoms with Crippen LogP contribution in [-0.4, -0.2) is 23.9 Å². The first-order valence-corrected chi connectivity index (χ1v) is 4.37. The van der Waals surface area contributed by atoms with Gasteiger partial charge in [0.1, 0.15) is 0 Å². The second kappa shape index (κ2) is 5.56. The van der Waals surface area contributed by atoms with E-state index in [1.54, 1.807) is 0 Å². The predicted molar refractivity (Wildman–Crippen MR) is 46.5 cm³/mol. The van der Waals surface area contributed by atoms with Crippen LogP contribution in [0.15, 0.2) is 0 Å². The number of hydrogen-bond acceptors (Lipinski definition) is 2. The Labute approximate surface area is 69.6 Å². The van der Waals surface area contributed by atoms with Gasteiger partial charge in [0.05, 0.1) is 18.8 Å². The molecule has 0 saturated heterocycles. The van der Waals surface area contributed by atoms with Crippen LogP contribution in [0.2, 0.25) is 0 Å². The number of aliphatic hydroxyl groups is 1. The lowest BCUT2D eigenvalue weighted by Gasteiger charge is -2.17. The van der Waals surface area contributed by atoms with Crippen LogP contribution in [0.25, 0.3) is 0 Å². The van der Waals surface area contributed by atoms with Crippen molar-refractivity contribution in [1.82, 2.24) is 0 Å². The second-order valence-corrected chi connectivity index (χ2v) is 3.36. The summed E-state index contributed by atoms with van der Waals surface area (Å²) < 4.78 is 5.36. The van der Waals surface area contributed by atoms with E-state index >= 15 is 0 Å². The van der Waals surface area contributed by atoms with E-state index in [4.69, 9.17) is 4.74 Å². The molecule has 2 heteroatoms. The van der Waals surface area contributed by atoms with Crippen LogP contribution >= 0.6 is 0 Å². The van der Waals surface area contributed by atoms with Gasteiger partial charge in [-0.25, -0.2) is 0 Å². The molecule has 68 valence electrons. The fourth-order valence-electron chi connectivity index (χ4n) is 0.573. The highest BCUT2D eigenvalue weighted by Crippen LogP contribution is 2.04. The smallest absolute Gasteiger partial charge is 0.0796 e. The van der Waals surface area contributed by atoms with E-state index in [-0.39, 0.29) is 12.2 Å². The number of rotatable bonds is 5. The van der Waals surface area contributed by atoms with Gasteiger partial charge in [0.25, 0.3) is 0 Å². The lowest BCUT2D eigenvalue weighted by atomic mass is 10.1. The zero-order valence-corrected chi connectivity index (χ0v) is 8.00. The molecule has 1 N–H and O–H groups in total. The first-order chi connectivity index (χ1) is 5.07. The molecule has 0 rings (SSSR count). The zero-order valence-electron chi connectivity index (χ0n) is 8.00. The van der Waals surface area contributed by atoms with Crippen LogP contribution < -0.4 is 0 Å². The molecule has 0 amide bonds. The number of aliphatic hydroxyl groups excluding tert-OH is 1. The number of hydrogen-bond donors (Lipinski definition) is 1. The first kappa shape index (κ1) is 10.9. The molecule has 0 fully saturated rings. The summed E-state index contributed by atoms with van der Waals surface area (Å²) in [7, 11) is 0.